The maximum absolute atomic E-state index is 13.0. The molecule has 1 N–H and O–H groups in total. The molecular weight excluding hydrogens is 354 g/mol. The van der Waals surface area contributed by atoms with E-state index in [2.05, 4.69) is 20.5 Å². The average molecular weight is 379 g/mol. The molecule has 0 atom stereocenters. The van der Waals surface area contributed by atoms with Crippen LogP contribution in [0.4, 0.5) is 11.4 Å². The molecule has 28 heavy (non-hydrogen) atoms. The van der Waals surface area contributed by atoms with Crippen LogP contribution in [0, 0.1) is 20.8 Å². The number of nitrogens with zero attached hydrogens (tertiary/aromatic N) is 4. The first-order valence-corrected chi connectivity index (χ1v) is 9.64. The Hall–Kier alpha value is -3.09. The van der Waals surface area contributed by atoms with Gasteiger partial charge in [0.1, 0.15) is 5.76 Å². The molecule has 1 amide bonds. The Morgan fingerprint density at radius 3 is 2.64 bits per heavy atom. The van der Waals surface area contributed by atoms with Gasteiger partial charge < -0.3 is 14.7 Å². The lowest BCUT2D eigenvalue weighted by Crippen LogP contribution is -2.22. The Balaban J connectivity index is 1.59. The number of anilines is 2. The molecule has 0 unspecified atom stereocenters. The molecule has 2 aromatic heterocycles. The number of nitrogens with one attached hydrogen (secondary N) is 1. The minimum absolute atomic E-state index is 0.264. The first kappa shape index (κ1) is 18.3. The minimum atomic E-state index is -0.264. The minimum Gasteiger partial charge on any atom is -0.370 e. The quantitative estimate of drug-likeness (QED) is 0.731. The molecule has 0 bridgehead atoms. The third kappa shape index (κ3) is 3.52. The Kier molecular flexibility index (Phi) is 4.90. The van der Waals surface area contributed by atoms with E-state index in [1.165, 1.54) is 12.8 Å². The van der Waals surface area contributed by atoms with Crippen LogP contribution in [-0.4, -0.2) is 33.9 Å². The molecule has 0 radical (unpaired) electrons. The molecule has 4 rings (SSSR count). The van der Waals surface area contributed by atoms with Crippen LogP contribution in [0.3, 0.4) is 0 Å². The molecular formula is C21H25N5O2. The molecule has 7 heteroatoms. The maximum atomic E-state index is 13.0. The van der Waals surface area contributed by atoms with Crippen LogP contribution < -0.4 is 10.2 Å². The highest BCUT2D eigenvalue weighted by molar-refractivity contribution is 6.05. The van der Waals surface area contributed by atoms with Gasteiger partial charge in [0.25, 0.3) is 5.91 Å². The predicted octanol–water partition coefficient (Wildman–Crippen LogP) is 3.70. The summed E-state index contributed by atoms with van der Waals surface area (Å²) in [7, 11) is 0. The lowest BCUT2D eigenvalue weighted by molar-refractivity contribution is 0.101. The van der Waals surface area contributed by atoms with Crippen LogP contribution >= 0.6 is 0 Å². The lowest BCUT2D eigenvalue weighted by Gasteiger charge is -2.21. The highest BCUT2D eigenvalue weighted by Crippen LogP contribution is 2.29. The van der Waals surface area contributed by atoms with Crippen LogP contribution in [0.15, 0.2) is 34.9 Å². The number of hydrogen-bond donors (Lipinski definition) is 1. The van der Waals surface area contributed by atoms with Crippen molar-refractivity contribution >= 4 is 17.3 Å². The summed E-state index contributed by atoms with van der Waals surface area (Å²) in [5.41, 5.74) is 4.88. The molecule has 3 aromatic rings. The Bertz CT molecular complexity index is 998. The van der Waals surface area contributed by atoms with E-state index < -0.39 is 0 Å². The predicted molar refractivity (Wildman–Crippen MR) is 108 cm³/mol. The van der Waals surface area contributed by atoms with E-state index in [1.54, 1.807) is 0 Å². The van der Waals surface area contributed by atoms with Crippen LogP contribution in [-0.2, 0) is 6.54 Å². The number of aromatic nitrogens is 3. The topological polar surface area (TPSA) is 76.2 Å². The van der Waals surface area contributed by atoms with Crippen molar-refractivity contribution in [1.82, 2.24) is 14.9 Å². The Morgan fingerprint density at radius 1 is 1.18 bits per heavy atom. The number of hydrogen-bond acceptors (Lipinski definition) is 5. The van der Waals surface area contributed by atoms with Crippen molar-refractivity contribution in [2.45, 2.75) is 40.2 Å². The van der Waals surface area contributed by atoms with E-state index in [1.807, 2.05) is 55.8 Å². The average Bonchev–Trinajstić information content (AvgIpc) is 3.38. The van der Waals surface area contributed by atoms with Gasteiger partial charge in [-0.2, -0.15) is 5.10 Å². The first-order valence-electron chi connectivity index (χ1n) is 9.64. The number of aryl methyl sites for hydroxylation is 3. The van der Waals surface area contributed by atoms with Gasteiger partial charge in [0.05, 0.1) is 23.6 Å². The molecule has 1 fully saturated rings. The van der Waals surface area contributed by atoms with Crippen LogP contribution in [0.5, 0.6) is 0 Å². The van der Waals surface area contributed by atoms with E-state index in [9.17, 15) is 4.79 Å². The zero-order valence-corrected chi connectivity index (χ0v) is 16.5. The van der Waals surface area contributed by atoms with E-state index in [4.69, 9.17) is 4.52 Å². The zero-order valence-electron chi connectivity index (χ0n) is 16.5. The fourth-order valence-corrected chi connectivity index (χ4v) is 3.74. The van der Waals surface area contributed by atoms with Crippen molar-refractivity contribution < 1.29 is 9.32 Å². The highest BCUT2D eigenvalue weighted by Gasteiger charge is 2.23. The summed E-state index contributed by atoms with van der Waals surface area (Å²) < 4.78 is 7.21. The monoisotopic (exact) mass is 379 g/mol. The molecule has 1 aliphatic rings. The maximum Gasteiger partial charge on any atom is 0.278 e. The Morgan fingerprint density at radius 2 is 1.93 bits per heavy atom. The third-order valence-corrected chi connectivity index (χ3v) is 5.21. The van der Waals surface area contributed by atoms with E-state index in [0.29, 0.717) is 18.0 Å². The molecule has 0 aliphatic carbocycles. The van der Waals surface area contributed by atoms with Crippen molar-refractivity contribution in [1.29, 1.82) is 0 Å². The van der Waals surface area contributed by atoms with Gasteiger partial charge in [0.2, 0.25) is 0 Å². The molecule has 0 spiro atoms. The number of para-hydroxylation sites is 2. The fourth-order valence-electron chi connectivity index (χ4n) is 3.74. The molecule has 1 saturated heterocycles. The normalized spacial score (nSPS) is 13.9. The second-order valence-corrected chi connectivity index (χ2v) is 7.32. The number of amides is 1. The van der Waals surface area contributed by atoms with Crippen molar-refractivity contribution in [2.24, 2.45) is 0 Å². The smallest absolute Gasteiger partial charge is 0.278 e. The summed E-state index contributed by atoms with van der Waals surface area (Å²) in [6.07, 6.45) is 2.36. The number of rotatable bonds is 5. The van der Waals surface area contributed by atoms with Gasteiger partial charge in [-0.05, 0) is 51.8 Å². The zero-order chi connectivity index (χ0) is 19.7. The number of carbonyl (C=O) groups excluding carboxylic acids is 1. The summed E-state index contributed by atoms with van der Waals surface area (Å²) in [6.45, 7) is 8.24. The van der Waals surface area contributed by atoms with Gasteiger partial charge in [-0.15, -0.1) is 0 Å². The second kappa shape index (κ2) is 7.50. The SMILES string of the molecule is Cc1cc(C)n(Cc2c(C(=O)Nc3ccccc3N3CCCC3)noc2C)n1. The summed E-state index contributed by atoms with van der Waals surface area (Å²) in [4.78, 5) is 15.3. The number of benzene rings is 1. The second-order valence-electron chi connectivity index (χ2n) is 7.32. The molecule has 1 aromatic carbocycles. The van der Waals surface area contributed by atoms with E-state index >= 15 is 0 Å². The largest absolute Gasteiger partial charge is 0.370 e. The molecule has 0 saturated carbocycles. The standard InChI is InChI=1S/C21H25N5O2/c1-14-12-15(2)26(23-14)13-17-16(3)28-24-20(17)21(27)22-18-8-4-5-9-19(18)25-10-6-7-11-25/h4-5,8-9,12H,6-7,10-11,13H2,1-3H3,(H,22,27). The fraction of sp³-hybridized carbons (Fsp3) is 0.381. The Labute approximate surface area is 164 Å². The molecule has 3 heterocycles. The highest BCUT2D eigenvalue weighted by atomic mass is 16.5. The lowest BCUT2D eigenvalue weighted by atomic mass is 10.1. The summed E-state index contributed by atoms with van der Waals surface area (Å²) >= 11 is 0. The first-order chi connectivity index (χ1) is 13.5. The van der Waals surface area contributed by atoms with Gasteiger partial charge in [-0.25, -0.2) is 0 Å². The van der Waals surface area contributed by atoms with Crippen LogP contribution in [0.1, 0.15) is 46.0 Å². The van der Waals surface area contributed by atoms with Crippen molar-refractivity contribution in [3.8, 4) is 0 Å². The summed E-state index contributed by atoms with van der Waals surface area (Å²) in [5.74, 6) is 0.366. The van der Waals surface area contributed by atoms with Gasteiger partial charge >= 0.3 is 0 Å². The summed E-state index contributed by atoms with van der Waals surface area (Å²) in [5, 5.41) is 11.5. The molecule has 7 nitrogen and oxygen atoms in total. The van der Waals surface area contributed by atoms with Crippen molar-refractivity contribution in [3.63, 3.8) is 0 Å². The van der Waals surface area contributed by atoms with Gasteiger partial charge in [-0.1, -0.05) is 17.3 Å². The number of carbonyl (C=O) groups is 1. The van der Waals surface area contributed by atoms with Gasteiger partial charge in [0, 0.05) is 24.3 Å². The van der Waals surface area contributed by atoms with Crippen LogP contribution in [0.2, 0.25) is 0 Å². The van der Waals surface area contributed by atoms with Crippen molar-refractivity contribution in [2.75, 3.05) is 23.3 Å². The van der Waals surface area contributed by atoms with Crippen molar-refractivity contribution in [3.05, 3.63) is 58.7 Å². The van der Waals surface area contributed by atoms with Gasteiger partial charge in [0.15, 0.2) is 5.69 Å². The van der Waals surface area contributed by atoms with Gasteiger partial charge in [-0.3, -0.25) is 9.48 Å². The summed E-state index contributed by atoms with van der Waals surface area (Å²) in [6, 6.07) is 9.91. The third-order valence-electron chi connectivity index (χ3n) is 5.21. The van der Waals surface area contributed by atoms with E-state index in [0.717, 1.165) is 41.4 Å². The molecule has 146 valence electrons. The molecule has 1 aliphatic heterocycles. The van der Waals surface area contributed by atoms with E-state index in [-0.39, 0.29) is 5.91 Å². The van der Waals surface area contributed by atoms with Crippen LogP contribution in [0.25, 0.3) is 0 Å².